The van der Waals surface area contributed by atoms with Gasteiger partial charge in [-0.15, -0.1) is 0 Å². The fraction of sp³-hybridized carbons (Fsp3) is 0.375. The van der Waals surface area contributed by atoms with Crippen LogP contribution in [0, 0.1) is 5.82 Å². The Bertz CT molecular complexity index is 694. The van der Waals surface area contributed by atoms with Crippen molar-refractivity contribution in [3.8, 4) is 0 Å². The van der Waals surface area contributed by atoms with Gasteiger partial charge in [0.05, 0.1) is 0 Å². The van der Waals surface area contributed by atoms with Gasteiger partial charge in [-0.3, -0.25) is 19.3 Å². The number of benzene rings is 1. The molecule has 4 amide bonds. The number of urea groups is 1. The van der Waals surface area contributed by atoms with Crippen LogP contribution in [0.25, 0.3) is 0 Å². The molecule has 0 radical (unpaired) electrons. The number of ether oxygens (including phenoxy) is 1. The fourth-order valence-corrected chi connectivity index (χ4v) is 2.23. The minimum Gasteiger partial charge on any atom is -0.454 e. The number of hydrogen-bond acceptors (Lipinski definition) is 5. The second-order valence-electron chi connectivity index (χ2n) is 5.47. The van der Waals surface area contributed by atoms with Crippen molar-refractivity contribution in [3.63, 3.8) is 0 Å². The summed E-state index contributed by atoms with van der Waals surface area (Å²) in [6.07, 6.45) is 0.301. The van der Waals surface area contributed by atoms with Crippen molar-refractivity contribution >= 4 is 23.8 Å². The Morgan fingerprint density at radius 1 is 1.28 bits per heavy atom. The number of carbonyl (C=O) groups is 4. The molecule has 0 aromatic heterocycles. The summed E-state index contributed by atoms with van der Waals surface area (Å²) in [6.45, 7) is -0.986. The quantitative estimate of drug-likeness (QED) is 0.548. The summed E-state index contributed by atoms with van der Waals surface area (Å²) in [7, 11) is 1.44. The van der Waals surface area contributed by atoms with E-state index in [1.807, 2.05) is 0 Å². The Kier molecular flexibility index (Phi) is 6.04. The van der Waals surface area contributed by atoms with Gasteiger partial charge in [-0.05, 0) is 18.1 Å². The van der Waals surface area contributed by atoms with E-state index < -0.39 is 37.0 Å². The first-order valence-corrected chi connectivity index (χ1v) is 7.59. The van der Waals surface area contributed by atoms with Crippen LogP contribution in [0.2, 0.25) is 0 Å². The fourth-order valence-electron chi connectivity index (χ4n) is 2.23. The largest absolute Gasteiger partial charge is 0.454 e. The van der Waals surface area contributed by atoms with Crippen molar-refractivity contribution in [2.75, 3.05) is 33.3 Å². The van der Waals surface area contributed by atoms with Crippen molar-refractivity contribution in [1.29, 1.82) is 0 Å². The highest BCUT2D eigenvalue weighted by atomic mass is 19.1. The van der Waals surface area contributed by atoms with E-state index in [-0.39, 0.29) is 18.9 Å². The molecule has 25 heavy (non-hydrogen) atoms. The average Bonchev–Trinajstić information content (AvgIpc) is 2.81. The number of halogens is 1. The SMILES string of the molecule is CN1CC(=O)N(CC(=O)OCC(=O)NCCc2ccccc2F)C1=O. The molecule has 0 atom stereocenters. The topological polar surface area (TPSA) is 96.0 Å². The molecule has 2 rings (SSSR count). The van der Waals surface area contributed by atoms with E-state index in [2.05, 4.69) is 5.32 Å². The molecule has 8 nitrogen and oxygen atoms in total. The summed E-state index contributed by atoms with van der Waals surface area (Å²) in [5, 5.41) is 2.49. The van der Waals surface area contributed by atoms with Crippen molar-refractivity contribution in [2.24, 2.45) is 0 Å². The molecule has 1 N–H and O–H groups in total. The lowest BCUT2D eigenvalue weighted by molar-refractivity contribution is -0.150. The van der Waals surface area contributed by atoms with Crippen molar-refractivity contribution in [2.45, 2.75) is 6.42 Å². The van der Waals surface area contributed by atoms with Gasteiger partial charge in [0.1, 0.15) is 18.9 Å². The highest BCUT2D eigenvalue weighted by Crippen LogP contribution is 2.08. The third-order valence-electron chi connectivity index (χ3n) is 3.56. The van der Waals surface area contributed by atoms with E-state index in [4.69, 9.17) is 4.74 Å². The first kappa shape index (κ1) is 18.4. The lowest BCUT2D eigenvalue weighted by Gasteiger charge is -2.13. The van der Waals surface area contributed by atoms with Gasteiger partial charge < -0.3 is 15.0 Å². The van der Waals surface area contributed by atoms with Crippen LogP contribution in [0.5, 0.6) is 0 Å². The number of esters is 1. The molecule has 1 fully saturated rings. The van der Waals surface area contributed by atoms with Crippen LogP contribution in [0.4, 0.5) is 9.18 Å². The van der Waals surface area contributed by atoms with Crippen molar-refractivity contribution in [3.05, 3.63) is 35.6 Å². The maximum atomic E-state index is 13.4. The predicted molar refractivity (Wildman–Crippen MR) is 83.8 cm³/mol. The third-order valence-corrected chi connectivity index (χ3v) is 3.56. The van der Waals surface area contributed by atoms with E-state index in [1.54, 1.807) is 18.2 Å². The molecule has 0 aliphatic carbocycles. The van der Waals surface area contributed by atoms with Crippen LogP contribution in [0.3, 0.4) is 0 Å². The van der Waals surface area contributed by atoms with Crippen LogP contribution >= 0.6 is 0 Å². The molecule has 0 spiro atoms. The molecule has 9 heteroatoms. The summed E-state index contributed by atoms with van der Waals surface area (Å²) in [4.78, 5) is 48.3. The Hall–Kier alpha value is -2.97. The number of likely N-dealkylation sites (N-methyl/N-ethyl adjacent to an activating group) is 1. The summed E-state index contributed by atoms with van der Waals surface area (Å²) in [5.41, 5.74) is 0.468. The number of rotatable bonds is 7. The van der Waals surface area contributed by atoms with Crippen LogP contribution in [0.15, 0.2) is 24.3 Å². The predicted octanol–water partition coefficient (Wildman–Crippen LogP) is -0.0784. The number of hydrogen-bond donors (Lipinski definition) is 1. The van der Waals surface area contributed by atoms with E-state index in [9.17, 15) is 23.6 Å². The third kappa shape index (κ3) is 5.00. The molecule has 1 aliphatic heterocycles. The number of imide groups is 1. The van der Waals surface area contributed by atoms with Gasteiger partial charge in [0, 0.05) is 13.6 Å². The van der Waals surface area contributed by atoms with Crippen LogP contribution < -0.4 is 5.32 Å². The zero-order valence-corrected chi connectivity index (χ0v) is 13.7. The van der Waals surface area contributed by atoms with Gasteiger partial charge in [0.15, 0.2) is 6.61 Å². The highest BCUT2D eigenvalue weighted by Gasteiger charge is 2.35. The van der Waals surface area contributed by atoms with E-state index in [0.717, 1.165) is 4.90 Å². The van der Waals surface area contributed by atoms with Gasteiger partial charge in [-0.2, -0.15) is 0 Å². The standard InChI is InChI=1S/C16H18FN3O5/c1-19-8-14(22)20(16(19)24)9-15(23)25-10-13(21)18-7-6-11-4-2-3-5-12(11)17/h2-5H,6-10H2,1H3,(H,18,21). The van der Waals surface area contributed by atoms with Crippen molar-refractivity contribution < 1.29 is 28.3 Å². The maximum absolute atomic E-state index is 13.4. The number of nitrogens with zero attached hydrogens (tertiary/aromatic N) is 2. The smallest absolute Gasteiger partial charge is 0.327 e. The zero-order chi connectivity index (χ0) is 18.4. The zero-order valence-electron chi connectivity index (χ0n) is 13.7. The molecule has 134 valence electrons. The molecular formula is C16H18FN3O5. The monoisotopic (exact) mass is 351 g/mol. The second kappa shape index (κ2) is 8.22. The van der Waals surface area contributed by atoms with Gasteiger partial charge in [0.25, 0.3) is 11.8 Å². The first-order chi connectivity index (χ1) is 11.9. The van der Waals surface area contributed by atoms with E-state index in [0.29, 0.717) is 12.0 Å². The summed E-state index contributed by atoms with van der Waals surface area (Å²) in [5.74, 6) is -2.27. The normalized spacial score (nSPS) is 14.0. The molecule has 1 saturated heterocycles. The molecule has 0 bridgehead atoms. The minimum absolute atomic E-state index is 0.0946. The van der Waals surface area contributed by atoms with Crippen LogP contribution in [-0.2, 0) is 25.5 Å². The lowest BCUT2D eigenvalue weighted by atomic mass is 10.1. The number of carbonyl (C=O) groups excluding carboxylic acids is 4. The Labute approximate surface area is 143 Å². The molecule has 1 aliphatic rings. The summed E-state index contributed by atoms with van der Waals surface area (Å²) < 4.78 is 18.1. The van der Waals surface area contributed by atoms with Gasteiger partial charge in [-0.1, -0.05) is 18.2 Å². The van der Waals surface area contributed by atoms with Gasteiger partial charge >= 0.3 is 12.0 Å². The highest BCUT2D eigenvalue weighted by molar-refractivity contribution is 6.04. The van der Waals surface area contributed by atoms with Gasteiger partial charge in [0.2, 0.25) is 0 Å². The summed E-state index contributed by atoms with van der Waals surface area (Å²) in [6, 6.07) is 5.63. The number of amides is 4. The number of nitrogens with one attached hydrogen (secondary N) is 1. The molecule has 1 aromatic rings. The summed E-state index contributed by atoms with van der Waals surface area (Å²) >= 11 is 0. The molecule has 1 aromatic carbocycles. The molecular weight excluding hydrogens is 333 g/mol. The molecule has 0 saturated carbocycles. The lowest BCUT2D eigenvalue weighted by Crippen LogP contribution is -2.38. The Morgan fingerprint density at radius 3 is 2.64 bits per heavy atom. The van der Waals surface area contributed by atoms with Crippen molar-refractivity contribution in [1.82, 2.24) is 15.1 Å². The van der Waals surface area contributed by atoms with Crippen LogP contribution in [0.1, 0.15) is 5.56 Å². The van der Waals surface area contributed by atoms with Gasteiger partial charge in [-0.25, -0.2) is 9.18 Å². The first-order valence-electron chi connectivity index (χ1n) is 7.59. The molecule has 1 heterocycles. The Morgan fingerprint density at radius 2 is 2.00 bits per heavy atom. The van der Waals surface area contributed by atoms with E-state index >= 15 is 0 Å². The second-order valence-corrected chi connectivity index (χ2v) is 5.47. The maximum Gasteiger partial charge on any atom is 0.327 e. The molecule has 0 unspecified atom stereocenters. The minimum atomic E-state index is -0.860. The van der Waals surface area contributed by atoms with E-state index in [1.165, 1.54) is 18.0 Å². The average molecular weight is 351 g/mol. The van der Waals surface area contributed by atoms with Crippen LogP contribution in [-0.4, -0.2) is 66.9 Å². The Balaban J connectivity index is 1.68.